The van der Waals surface area contributed by atoms with Crippen LogP contribution < -0.4 is 5.73 Å². The number of carbonyl (C=O) groups excluding carboxylic acids is 1. The molecule has 1 atom stereocenters. The van der Waals surface area contributed by atoms with Crippen LogP contribution in [0.15, 0.2) is 29.2 Å². The van der Waals surface area contributed by atoms with Crippen molar-refractivity contribution in [2.24, 2.45) is 11.7 Å². The highest BCUT2D eigenvalue weighted by molar-refractivity contribution is 7.89. The van der Waals surface area contributed by atoms with E-state index in [9.17, 15) is 13.2 Å². The fourth-order valence-electron chi connectivity index (χ4n) is 2.71. The van der Waals surface area contributed by atoms with Crippen LogP contribution in [0.2, 0.25) is 0 Å². The average molecular weight is 324 g/mol. The summed E-state index contributed by atoms with van der Waals surface area (Å²) in [4.78, 5) is 11.3. The van der Waals surface area contributed by atoms with Crippen LogP contribution in [0.25, 0.3) is 0 Å². The van der Waals surface area contributed by atoms with Crippen molar-refractivity contribution in [2.75, 3.05) is 19.8 Å². The summed E-state index contributed by atoms with van der Waals surface area (Å²) in [6.07, 6.45) is 2.72. The predicted octanol–water partition coefficient (Wildman–Crippen LogP) is 0.975. The second kappa shape index (κ2) is 5.98. The van der Waals surface area contributed by atoms with Gasteiger partial charge in [0, 0.05) is 24.8 Å². The maximum Gasteiger partial charge on any atom is 0.248 e. The maximum absolute atomic E-state index is 12.9. The summed E-state index contributed by atoms with van der Waals surface area (Å²) in [5, 5.41) is 0. The first kappa shape index (κ1) is 15.5. The standard InChI is InChI=1S/C15H20N2O4S/c16-15(18)12-1-5-14(6-2-12)22(19,20)17(13-3-4-13)9-11-7-8-21-10-11/h1-2,5-6,11,13H,3-4,7-10H2,(H2,16,18). The Bertz CT molecular complexity index is 647. The molecule has 1 saturated carbocycles. The molecule has 0 spiro atoms. The Morgan fingerprint density at radius 3 is 2.41 bits per heavy atom. The fraction of sp³-hybridized carbons (Fsp3) is 0.533. The van der Waals surface area contributed by atoms with Gasteiger partial charge < -0.3 is 10.5 Å². The summed E-state index contributed by atoms with van der Waals surface area (Å²) in [5.74, 6) is -0.300. The average Bonchev–Trinajstić information content (AvgIpc) is 3.20. The number of primary amides is 1. The van der Waals surface area contributed by atoms with Crippen LogP contribution in [0.4, 0.5) is 0 Å². The monoisotopic (exact) mass is 324 g/mol. The quantitative estimate of drug-likeness (QED) is 0.844. The second-order valence-electron chi connectivity index (χ2n) is 5.92. The predicted molar refractivity (Wildman–Crippen MR) is 80.8 cm³/mol. The molecule has 2 aliphatic rings. The second-order valence-corrected chi connectivity index (χ2v) is 7.81. The van der Waals surface area contributed by atoms with Gasteiger partial charge in [0.15, 0.2) is 0 Å². The number of sulfonamides is 1. The summed E-state index contributed by atoms with van der Waals surface area (Å²) >= 11 is 0. The maximum atomic E-state index is 12.9. The lowest BCUT2D eigenvalue weighted by Gasteiger charge is -2.24. The van der Waals surface area contributed by atoms with Crippen molar-refractivity contribution in [3.8, 4) is 0 Å². The number of ether oxygens (including phenoxy) is 1. The zero-order chi connectivity index (χ0) is 15.7. The molecule has 0 aromatic heterocycles. The highest BCUT2D eigenvalue weighted by Gasteiger charge is 2.39. The zero-order valence-corrected chi connectivity index (χ0v) is 13.1. The smallest absolute Gasteiger partial charge is 0.248 e. The number of carbonyl (C=O) groups is 1. The van der Waals surface area contributed by atoms with E-state index in [2.05, 4.69) is 0 Å². The Morgan fingerprint density at radius 2 is 1.91 bits per heavy atom. The highest BCUT2D eigenvalue weighted by atomic mass is 32.2. The number of benzene rings is 1. The molecule has 0 bridgehead atoms. The SMILES string of the molecule is NC(=O)c1ccc(S(=O)(=O)N(CC2CCOC2)C2CC2)cc1. The molecule has 1 amide bonds. The largest absolute Gasteiger partial charge is 0.381 e. The van der Waals surface area contributed by atoms with Crippen molar-refractivity contribution >= 4 is 15.9 Å². The van der Waals surface area contributed by atoms with Crippen LogP contribution in [-0.4, -0.2) is 44.4 Å². The Balaban J connectivity index is 1.83. The van der Waals surface area contributed by atoms with Crippen LogP contribution in [-0.2, 0) is 14.8 Å². The van der Waals surface area contributed by atoms with E-state index in [1.54, 1.807) is 4.31 Å². The van der Waals surface area contributed by atoms with Crippen molar-refractivity contribution in [2.45, 2.75) is 30.2 Å². The first-order valence-electron chi connectivity index (χ1n) is 7.48. The molecule has 0 radical (unpaired) electrons. The van der Waals surface area contributed by atoms with E-state index < -0.39 is 15.9 Å². The lowest BCUT2D eigenvalue weighted by molar-refractivity contribution is 0.1000. The molecular weight excluding hydrogens is 304 g/mol. The molecule has 3 rings (SSSR count). The van der Waals surface area contributed by atoms with E-state index in [-0.39, 0.29) is 16.9 Å². The highest BCUT2D eigenvalue weighted by Crippen LogP contribution is 2.33. The molecule has 120 valence electrons. The van der Waals surface area contributed by atoms with Crippen LogP contribution in [0.5, 0.6) is 0 Å². The van der Waals surface area contributed by atoms with Crippen molar-refractivity contribution in [3.05, 3.63) is 29.8 Å². The van der Waals surface area contributed by atoms with E-state index in [4.69, 9.17) is 10.5 Å². The summed E-state index contributed by atoms with van der Waals surface area (Å²) in [6.45, 7) is 1.83. The summed E-state index contributed by atoms with van der Waals surface area (Å²) in [7, 11) is -3.54. The Kier molecular flexibility index (Phi) is 4.20. The van der Waals surface area contributed by atoms with Gasteiger partial charge in [0.2, 0.25) is 15.9 Å². The summed E-state index contributed by atoms with van der Waals surface area (Å²) in [6, 6.07) is 5.92. The number of hydrogen-bond acceptors (Lipinski definition) is 4. The van der Waals surface area contributed by atoms with Gasteiger partial charge >= 0.3 is 0 Å². The van der Waals surface area contributed by atoms with Gasteiger partial charge in [-0.15, -0.1) is 0 Å². The van der Waals surface area contributed by atoms with Gasteiger partial charge in [-0.3, -0.25) is 4.79 Å². The van der Waals surface area contributed by atoms with Gasteiger partial charge in [-0.25, -0.2) is 8.42 Å². The van der Waals surface area contributed by atoms with E-state index in [1.807, 2.05) is 0 Å². The van der Waals surface area contributed by atoms with Crippen molar-refractivity contribution in [3.63, 3.8) is 0 Å². The molecule has 22 heavy (non-hydrogen) atoms. The van der Waals surface area contributed by atoms with Gasteiger partial charge in [0.25, 0.3) is 0 Å². The number of hydrogen-bond donors (Lipinski definition) is 1. The first-order chi connectivity index (χ1) is 10.5. The first-order valence-corrected chi connectivity index (χ1v) is 8.92. The molecule has 1 saturated heterocycles. The third kappa shape index (κ3) is 3.16. The van der Waals surface area contributed by atoms with Gasteiger partial charge in [-0.2, -0.15) is 4.31 Å². The van der Waals surface area contributed by atoms with Gasteiger partial charge in [0.05, 0.1) is 11.5 Å². The Labute approximate surface area is 130 Å². The lowest BCUT2D eigenvalue weighted by Crippen LogP contribution is -2.37. The van der Waals surface area contributed by atoms with E-state index >= 15 is 0 Å². The van der Waals surface area contributed by atoms with Crippen molar-refractivity contribution < 1.29 is 17.9 Å². The van der Waals surface area contributed by atoms with Crippen LogP contribution in [0.3, 0.4) is 0 Å². The van der Waals surface area contributed by atoms with E-state index in [0.717, 1.165) is 19.3 Å². The molecule has 1 aromatic rings. The molecule has 6 nitrogen and oxygen atoms in total. The Hall–Kier alpha value is -1.44. The minimum absolute atomic E-state index is 0.0985. The lowest BCUT2D eigenvalue weighted by atomic mass is 10.1. The number of amides is 1. The van der Waals surface area contributed by atoms with E-state index in [1.165, 1.54) is 24.3 Å². The van der Waals surface area contributed by atoms with E-state index in [0.29, 0.717) is 25.3 Å². The molecule has 2 N–H and O–H groups in total. The number of nitrogens with two attached hydrogens (primary N) is 1. The number of rotatable bonds is 6. The van der Waals surface area contributed by atoms with Crippen molar-refractivity contribution in [1.29, 1.82) is 0 Å². The molecule has 1 aromatic carbocycles. The minimum atomic E-state index is -3.54. The van der Waals surface area contributed by atoms with Crippen LogP contribution in [0, 0.1) is 5.92 Å². The molecule has 1 heterocycles. The molecule has 1 unspecified atom stereocenters. The molecule has 1 aliphatic heterocycles. The van der Waals surface area contributed by atoms with Crippen LogP contribution >= 0.6 is 0 Å². The summed E-state index contributed by atoms with van der Waals surface area (Å²) in [5.41, 5.74) is 5.49. The van der Waals surface area contributed by atoms with Crippen LogP contribution in [0.1, 0.15) is 29.6 Å². The third-order valence-corrected chi connectivity index (χ3v) is 6.09. The zero-order valence-electron chi connectivity index (χ0n) is 12.3. The fourth-order valence-corrected chi connectivity index (χ4v) is 4.48. The van der Waals surface area contributed by atoms with Gasteiger partial charge in [0.1, 0.15) is 0 Å². The molecule has 2 fully saturated rings. The number of nitrogens with zero attached hydrogens (tertiary/aromatic N) is 1. The minimum Gasteiger partial charge on any atom is -0.381 e. The van der Waals surface area contributed by atoms with Gasteiger partial charge in [-0.1, -0.05) is 0 Å². The topological polar surface area (TPSA) is 89.7 Å². The van der Waals surface area contributed by atoms with Gasteiger partial charge in [-0.05, 0) is 49.4 Å². The molecule has 1 aliphatic carbocycles. The van der Waals surface area contributed by atoms with Crippen molar-refractivity contribution in [1.82, 2.24) is 4.31 Å². The molecular formula is C15H20N2O4S. The summed E-state index contributed by atoms with van der Waals surface area (Å²) < 4.78 is 32.7. The normalized spacial score (nSPS) is 22.1. The Morgan fingerprint density at radius 1 is 1.23 bits per heavy atom. The molecule has 7 heteroatoms. The third-order valence-electron chi connectivity index (χ3n) is 4.16.